The van der Waals surface area contributed by atoms with Crippen molar-refractivity contribution >= 4 is 11.7 Å². The minimum atomic E-state index is -0.140. The molecule has 0 unspecified atom stereocenters. The average Bonchev–Trinajstić information content (AvgIpc) is 3.05. The molecule has 0 radical (unpaired) electrons. The van der Waals surface area contributed by atoms with E-state index in [1.165, 1.54) is 0 Å². The van der Waals surface area contributed by atoms with Gasteiger partial charge in [0.25, 0.3) is 5.91 Å². The molecule has 7 nitrogen and oxygen atoms in total. The number of oxime groups is 1. The van der Waals surface area contributed by atoms with Crippen LogP contribution in [0.25, 0.3) is 5.69 Å². The summed E-state index contributed by atoms with van der Waals surface area (Å²) in [7, 11) is 1.63. The summed E-state index contributed by atoms with van der Waals surface area (Å²) >= 11 is 0. The number of amidine groups is 1. The van der Waals surface area contributed by atoms with E-state index in [1.54, 1.807) is 19.2 Å². The predicted octanol–water partition coefficient (Wildman–Crippen LogP) is 3.13. The van der Waals surface area contributed by atoms with Gasteiger partial charge in [-0.05, 0) is 49.7 Å². The van der Waals surface area contributed by atoms with Gasteiger partial charge in [0.15, 0.2) is 5.84 Å². The summed E-state index contributed by atoms with van der Waals surface area (Å²) in [6.45, 7) is 4.28. The van der Waals surface area contributed by atoms with Crippen molar-refractivity contribution in [3.05, 3.63) is 82.7 Å². The molecule has 0 atom stereocenters. The van der Waals surface area contributed by atoms with Crippen LogP contribution in [0.15, 0.2) is 59.8 Å². The Morgan fingerprint density at radius 1 is 1.14 bits per heavy atom. The number of methoxy groups -OCH3 is 1. The molecular weight excluding hydrogens is 368 g/mol. The van der Waals surface area contributed by atoms with Crippen molar-refractivity contribution in [3.8, 4) is 11.4 Å². The highest BCUT2D eigenvalue weighted by atomic mass is 16.5. The van der Waals surface area contributed by atoms with E-state index in [9.17, 15) is 4.79 Å². The first kappa shape index (κ1) is 20.0. The highest BCUT2D eigenvalue weighted by molar-refractivity contribution is 5.97. The van der Waals surface area contributed by atoms with Gasteiger partial charge in [-0.15, -0.1) is 0 Å². The second-order valence-corrected chi connectivity index (χ2v) is 6.68. The average molecular weight is 392 g/mol. The molecule has 0 aliphatic rings. The molecule has 0 aliphatic carbocycles. The van der Waals surface area contributed by atoms with Gasteiger partial charge in [0.05, 0.1) is 12.7 Å². The van der Waals surface area contributed by atoms with E-state index >= 15 is 0 Å². The molecule has 1 aromatic heterocycles. The summed E-state index contributed by atoms with van der Waals surface area (Å²) in [6.07, 6.45) is 0. The lowest BCUT2D eigenvalue weighted by molar-refractivity contribution is 0.0950. The first-order valence-corrected chi connectivity index (χ1v) is 9.13. The SMILES string of the molecule is COc1ccc(-n2c(C)cc(C(=O)NCc3ccc(/C(N)=N/O)cc3)c2C)cc1. The molecule has 0 bridgehead atoms. The largest absolute Gasteiger partial charge is 0.497 e. The van der Waals surface area contributed by atoms with E-state index in [2.05, 4.69) is 10.5 Å². The molecule has 0 saturated heterocycles. The third-order valence-corrected chi connectivity index (χ3v) is 4.82. The van der Waals surface area contributed by atoms with Crippen LogP contribution in [-0.2, 0) is 6.54 Å². The van der Waals surface area contributed by atoms with Crippen LogP contribution < -0.4 is 15.8 Å². The third kappa shape index (κ3) is 4.24. The Hall–Kier alpha value is -3.74. The monoisotopic (exact) mass is 392 g/mol. The topological polar surface area (TPSA) is 102 Å². The Bertz CT molecular complexity index is 1040. The molecule has 2 aromatic carbocycles. The van der Waals surface area contributed by atoms with Crippen LogP contribution in [0, 0.1) is 13.8 Å². The van der Waals surface area contributed by atoms with Gasteiger partial charge < -0.3 is 25.6 Å². The second kappa shape index (κ2) is 8.52. The van der Waals surface area contributed by atoms with Crippen LogP contribution in [0.4, 0.5) is 0 Å². The molecule has 0 saturated carbocycles. The Balaban J connectivity index is 1.74. The van der Waals surface area contributed by atoms with Crippen molar-refractivity contribution in [2.24, 2.45) is 10.9 Å². The summed E-state index contributed by atoms with van der Waals surface area (Å²) in [4.78, 5) is 12.7. The Labute approximate surface area is 169 Å². The number of rotatable bonds is 6. The molecule has 4 N–H and O–H groups in total. The predicted molar refractivity (Wildman–Crippen MR) is 112 cm³/mol. The summed E-state index contributed by atoms with van der Waals surface area (Å²) in [5.41, 5.74) is 10.5. The van der Waals surface area contributed by atoms with Crippen molar-refractivity contribution in [1.29, 1.82) is 0 Å². The maximum Gasteiger partial charge on any atom is 0.253 e. The van der Waals surface area contributed by atoms with E-state index in [0.29, 0.717) is 17.7 Å². The highest BCUT2D eigenvalue weighted by Gasteiger charge is 2.16. The summed E-state index contributed by atoms with van der Waals surface area (Å²) in [5.74, 6) is 0.692. The van der Waals surface area contributed by atoms with E-state index in [4.69, 9.17) is 15.7 Å². The zero-order valence-electron chi connectivity index (χ0n) is 16.6. The van der Waals surface area contributed by atoms with Crippen LogP contribution in [-0.4, -0.2) is 28.6 Å². The third-order valence-electron chi connectivity index (χ3n) is 4.82. The number of hydrogen-bond acceptors (Lipinski definition) is 4. The Morgan fingerprint density at radius 2 is 1.79 bits per heavy atom. The molecule has 150 valence electrons. The smallest absolute Gasteiger partial charge is 0.253 e. The van der Waals surface area contributed by atoms with Crippen molar-refractivity contribution < 1.29 is 14.7 Å². The van der Waals surface area contributed by atoms with Gasteiger partial charge in [0.2, 0.25) is 0 Å². The van der Waals surface area contributed by atoms with E-state index < -0.39 is 0 Å². The number of nitrogens with zero attached hydrogens (tertiary/aromatic N) is 2. The molecule has 1 heterocycles. The van der Waals surface area contributed by atoms with Crippen molar-refractivity contribution in [1.82, 2.24) is 9.88 Å². The lowest BCUT2D eigenvalue weighted by Gasteiger charge is -2.11. The lowest BCUT2D eigenvalue weighted by atomic mass is 10.1. The van der Waals surface area contributed by atoms with Gasteiger partial charge in [-0.25, -0.2) is 0 Å². The fourth-order valence-electron chi connectivity index (χ4n) is 3.25. The number of ether oxygens (including phenoxy) is 1. The van der Waals surface area contributed by atoms with Crippen molar-refractivity contribution in [2.45, 2.75) is 20.4 Å². The second-order valence-electron chi connectivity index (χ2n) is 6.68. The van der Waals surface area contributed by atoms with E-state index in [1.807, 2.05) is 60.9 Å². The molecule has 1 amide bonds. The molecule has 29 heavy (non-hydrogen) atoms. The number of carbonyl (C=O) groups excluding carboxylic acids is 1. The van der Waals surface area contributed by atoms with Crippen LogP contribution in [0.5, 0.6) is 5.75 Å². The Morgan fingerprint density at radius 3 is 2.38 bits per heavy atom. The number of aryl methyl sites for hydroxylation is 1. The molecule has 3 aromatic rings. The number of aromatic nitrogens is 1. The maximum atomic E-state index is 12.7. The Kier molecular flexibility index (Phi) is 5.87. The molecule has 3 rings (SSSR count). The number of nitrogens with one attached hydrogen (secondary N) is 1. The summed E-state index contributed by atoms with van der Waals surface area (Å²) in [5, 5.41) is 14.6. The lowest BCUT2D eigenvalue weighted by Crippen LogP contribution is -2.23. The van der Waals surface area contributed by atoms with Crippen molar-refractivity contribution in [2.75, 3.05) is 7.11 Å². The normalized spacial score (nSPS) is 11.3. The van der Waals surface area contributed by atoms with Gasteiger partial charge in [-0.1, -0.05) is 29.4 Å². The van der Waals surface area contributed by atoms with Crippen molar-refractivity contribution in [3.63, 3.8) is 0 Å². The van der Waals surface area contributed by atoms with E-state index in [0.717, 1.165) is 28.4 Å². The molecule has 0 spiro atoms. The van der Waals surface area contributed by atoms with Crippen LogP contribution in [0.3, 0.4) is 0 Å². The number of amides is 1. The van der Waals surface area contributed by atoms with Gasteiger partial charge in [-0.3, -0.25) is 4.79 Å². The number of benzene rings is 2. The summed E-state index contributed by atoms with van der Waals surface area (Å²) < 4.78 is 7.25. The maximum absolute atomic E-state index is 12.7. The molecule has 0 aliphatic heterocycles. The molecule has 0 fully saturated rings. The quantitative estimate of drug-likeness (QED) is 0.260. The minimum absolute atomic E-state index is 0.0477. The highest BCUT2D eigenvalue weighted by Crippen LogP contribution is 2.23. The number of carbonyl (C=O) groups is 1. The van der Waals surface area contributed by atoms with Crippen LogP contribution in [0.1, 0.15) is 32.9 Å². The van der Waals surface area contributed by atoms with E-state index in [-0.39, 0.29) is 11.7 Å². The summed E-state index contributed by atoms with van der Waals surface area (Å²) in [6, 6.07) is 16.7. The molecule has 7 heteroatoms. The first-order chi connectivity index (χ1) is 13.9. The number of hydrogen-bond donors (Lipinski definition) is 3. The van der Waals surface area contributed by atoms with Crippen LogP contribution >= 0.6 is 0 Å². The molecular formula is C22H24N4O3. The zero-order chi connectivity index (χ0) is 21.0. The fourth-order valence-corrected chi connectivity index (χ4v) is 3.25. The first-order valence-electron chi connectivity index (χ1n) is 9.13. The fraction of sp³-hybridized carbons (Fsp3) is 0.182. The van der Waals surface area contributed by atoms with Gasteiger partial charge >= 0.3 is 0 Å². The standard InChI is InChI=1S/C22H24N4O3/c1-14-12-20(15(2)26(14)18-8-10-19(29-3)11-9-18)22(27)24-13-16-4-6-17(7-5-16)21(23)25-28/h4-12,28H,13H2,1-3H3,(H2,23,25)(H,24,27). The van der Waals surface area contributed by atoms with Gasteiger partial charge in [0, 0.05) is 29.2 Å². The van der Waals surface area contributed by atoms with Gasteiger partial charge in [0.1, 0.15) is 5.75 Å². The number of nitrogens with two attached hydrogens (primary N) is 1. The van der Waals surface area contributed by atoms with Crippen LogP contribution in [0.2, 0.25) is 0 Å². The zero-order valence-corrected chi connectivity index (χ0v) is 16.6. The van der Waals surface area contributed by atoms with Gasteiger partial charge in [-0.2, -0.15) is 0 Å². The minimum Gasteiger partial charge on any atom is -0.497 e.